The number of amides is 1. The molecule has 1 aromatic heterocycles. The molecule has 0 radical (unpaired) electrons. The monoisotopic (exact) mass is 424 g/mol. The van der Waals surface area contributed by atoms with Crippen molar-refractivity contribution in [3.8, 4) is 11.3 Å². The molecule has 0 unspecified atom stereocenters. The van der Waals surface area contributed by atoms with Crippen molar-refractivity contribution in [1.82, 2.24) is 0 Å². The lowest BCUT2D eigenvalue weighted by Gasteiger charge is -2.09. The number of nitrogens with zero attached hydrogens (tertiary/aromatic N) is 1. The lowest BCUT2D eigenvalue weighted by Crippen LogP contribution is -2.12. The SMILES string of the molecule is Cc1ccc(NC(=O)c2ccc(-c3cc(C(F)(F)F)ccc3Cl)o2)c([N+](=O)[O-])c1. The minimum Gasteiger partial charge on any atom is -0.451 e. The number of nitro benzene ring substituents is 1. The van der Waals surface area contributed by atoms with E-state index in [1.165, 1.54) is 24.3 Å². The van der Waals surface area contributed by atoms with Crippen LogP contribution >= 0.6 is 11.6 Å². The number of benzene rings is 2. The molecule has 0 atom stereocenters. The number of carbonyl (C=O) groups is 1. The molecule has 0 fully saturated rings. The van der Waals surface area contributed by atoms with Gasteiger partial charge in [0.05, 0.1) is 15.5 Å². The third-order valence-electron chi connectivity index (χ3n) is 3.99. The molecule has 0 bridgehead atoms. The van der Waals surface area contributed by atoms with E-state index >= 15 is 0 Å². The van der Waals surface area contributed by atoms with Gasteiger partial charge in [0.15, 0.2) is 5.76 Å². The minimum absolute atomic E-state index is 0.00785. The fourth-order valence-electron chi connectivity index (χ4n) is 2.58. The first kappa shape index (κ1) is 20.4. The van der Waals surface area contributed by atoms with Crippen molar-refractivity contribution in [2.45, 2.75) is 13.1 Å². The summed E-state index contributed by atoms with van der Waals surface area (Å²) in [5.74, 6) is -1.10. The molecule has 0 aliphatic heterocycles. The molecule has 1 heterocycles. The molecule has 29 heavy (non-hydrogen) atoms. The van der Waals surface area contributed by atoms with E-state index in [1.807, 2.05) is 0 Å². The van der Waals surface area contributed by atoms with Crippen LogP contribution in [0.3, 0.4) is 0 Å². The molecule has 10 heteroatoms. The number of alkyl halides is 3. The third-order valence-corrected chi connectivity index (χ3v) is 4.32. The van der Waals surface area contributed by atoms with Crippen LogP contribution < -0.4 is 5.32 Å². The van der Waals surface area contributed by atoms with E-state index in [0.717, 1.165) is 18.2 Å². The smallest absolute Gasteiger partial charge is 0.416 e. The first-order chi connectivity index (χ1) is 13.6. The minimum atomic E-state index is -4.57. The molecule has 3 rings (SSSR count). The van der Waals surface area contributed by atoms with Gasteiger partial charge in [0.2, 0.25) is 0 Å². The molecular weight excluding hydrogens is 413 g/mol. The quantitative estimate of drug-likeness (QED) is 0.405. The molecule has 6 nitrogen and oxygen atoms in total. The average Bonchev–Trinajstić information content (AvgIpc) is 3.12. The Kier molecular flexibility index (Phi) is 5.34. The van der Waals surface area contributed by atoms with E-state index in [0.29, 0.717) is 5.56 Å². The van der Waals surface area contributed by atoms with Crippen LogP contribution in [0.2, 0.25) is 5.02 Å². The van der Waals surface area contributed by atoms with Gasteiger partial charge >= 0.3 is 6.18 Å². The third kappa shape index (κ3) is 4.40. The van der Waals surface area contributed by atoms with Gasteiger partial charge in [-0.05, 0) is 48.9 Å². The Morgan fingerprint density at radius 3 is 2.52 bits per heavy atom. The Balaban J connectivity index is 1.90. The summed E-state index contributed by atoms with van der Waals surface area (Å²) in [5.41, 5.74) is -0.669. The maximum Gasteiger partial charge on any atom is 0.416 e. The Labute approximate surface area is 167 Å². The van der Waals surface area contributed by atoms with Gasteiger partial charge in [-0.25, -0.2) is 0 Å². The number of nitrogens with one attached hydrogen (secondary N) is 1. The van der Waals surface area contributed by atoms with Crippen molar-refractivity contribution in [3.63, 3.8) is 0 Å². The lowest BCUT2D eigenvalue weighted by molar-refractivity contribution is -0.384. The van der Waals surface area contributed by atoms with E-state index in [9.17, 15) is 28.1 Å². The Bertz CT molecular complexity index is 1110. The summed E-state index contributed by atoms with van der Waals surface area (Å²) in [4.78, 5) is 22.9. The predicted octanol–water partition coefficient (Wildman–Crippen LogP) is 6.09. The van der Waals surface area contributed by atoms with Crippen LogP contribution in [0.5, 0.6) is 0 Å². The number of aryl methyl sites for hydroxylation is 1. The fourth-order valence-corrected chi connectivity index (χ4v) is 2.79. The van der Waals surface area contributed by atoms with Gasteiger partial charge in [0.25, 0.3) is 11.6 Å². The van der Waals surface area contributed by atoms with Crippen molar-refractivity contribution in [1.29, 1.82) is 0 Å². The number of hydrogen-bond acceptors (Lipinski definition) is 4. The van der Waals surface area contributed by atoms with Crippen LogP contribution in [-0.2, 0) is 6.18 Å². The van der Waals surface area contributed by atoms with Gasteiger partial charge in [-0.1, -0.05) is 17.7 Å². The van der Waals surface area contributed by atoms with Crippen LogP contribution in [0, 0.1) is 17.0 Å². The number of rotatable bonds is 4. The molecule has 0 aliphatic rings. The zero-order chi connectivity index (χ0) is 21.3. The van der Waals surface area contributed by atoms with Gasteiger partial charge < -0.3 is 9.73 Å². The second-order valence-corrected chi connectivity index (χ2v) is 6.50. The molecule has 0 saturated carbocycles. The number of hydrogen-bond donors (Lipinski definition) is 1. The second-order valence-electron chi connectivity index (χ2n) is 6.09. The van der Waals surface area contributed by atoms with Crippen LogP contribution in [-0.4, -0.2) is 10.8 Å². The molecule has 1 amide bonds. The summed E-state index contributed by atoms with van der Waals surface area (Å²) < 4.78 is 44.1. The van der Waals surface area contributed by atoms with Gasteiger partial charge in [-0.2, -0.15) is 13.2 Å². The van der Waals surface area contributed by atoms with E-state index in [-0.39, 0.29) is 33.5 Å². The van der Waals surface area contributed by atoms with Crippen molar-refractivity contribution in [2.75, 3.05) is 5.32 Å². The molecule has 0 spiro atoms. The van der Waals surface area contributed by atoms with Gasteiger partial charge in [-0.15, -0.1) is 0 Å². The average molecular weight is 425 g/mol. The summed E-state index contributed by atoms with van der Waals surface area (Å²) in [6.07, 6.45) is -4.57. The van der Waals surface area contributed by atoms with Crippen molar-refractivity contribution in [3.05, 3.63) is 80.6 Å². The van der Waals surface area contributed by atoms with E-state index in [1.54, 1.807) is 13.0 Å². The first-order valence-corrected chi connectivity index (χ1v) is 8.47. The highest BCUT2D eigenvalue weighted by Crippen LogP contribution is 2.36. The van der Waals surface area contributed by atoms with E-state index in [2.05, 4.69) is 5.32 Å². The van der Waals surface area contributed by atoms with Gasteiger partial charge in [0.1, 0.15) is 11.4 Å². The summed E-state index contributed by atoms with van der Waals surface area (Å²) in [7, 11) is 0. The summed E-state index contributed by atoms with van der Waals surface area (Å²) in [6.45, 7) is 1.66. The Morgan fingerprint density at radius 1 is 1.14 bits per heavy atom. The number of halogens is 4. The first-order valence-electron chi connectivity index (χ1n) is 8.09. The van der Waals surface area contributed by atoms with Crippen LogP contribution in [0.4, 0.5) is 24.5 Å². The van der Waals surface area contributed by atoms with Crippen molar-refractivity contribution in [2.24, 2.45) is 0 Å². The maximum atomic E-state index is 12.9. The zero-order valence-corrected chi connectivity index (χ0v) is 15.5. The lowest BCUT2D eigenvalue weighted by atomic mass is 10.1. The summed E-state index contributed by atoms with van der Waals surface area (Å²) in [5, 5.41) is 13.5. The molecule has 0 aliphatic carbocycles. The predicted molar refractivity (Wildman–Crippen MR) is 99.9 cm³/mol. The number of carbonyl (C=O) groups excluding carboxylic acids is 1. The maximum absolute atomic E-state index is 12.9. The molecule has 150 valence electrons. The molecule has 0 saturated heterocycles. The van der Waals surface area contributed by atoms with Gasteiger partial charge in [0, 0.05) is 11.6 Å². The van der Waals surface area contributed by atoms with Crippen molar-refractivity contribution < 1.29 is 27.3 Å². The topological polar surface area (TPSA) is 85.4 Å². The molecular formula is C19H12ClF3N2O4. The zero-order valence-electron chi connectivity index (χ0n) is 14.7. The van der Waals surface area contributed by atoms with Crippen LogP contribution in [0.15, 0.2) is 52.9 Å². The van der Waals surface area contributed by atoms with Crippen LogP contribution in [0.1, 0.15) is 21.7 Å². The van der Waals surface area contributed by atoms with E-state index in [4.69, 9.17) is 16.0 Å². The Hall–Kier alpha value is -3.33. The highest BCUT2D eigenvalue weighted by Gasteiger charge is 2.31. The second kappa shape index (κ2) is 7.59. The molecule has 1 N–H and O–H groups in total. The summed E-state index contributed by atoms with van der Waals surface area (Å²) in [6, 6.07) is 9.51. The van der Waals surface area contributed by atoms with Crippen molar-refractivity contribution >= 4 is 28.9 Å². The highest BCUT2D eigenvalue weighted by molar-refractivity contribution is 6.33. The number of nitro groups is 1. The number of furan rings is 1. The Morgan fingerprint density at radius 2 is 1.86 bits per heavy atom. The fraction of sp³-hybridized carbons (Fsp3) is 0.105. The highest BCUT2D eigenvalue weighted by atomic mass is 35.5. The molecule has 2 aromatic carbocycles. The van der Waals surface area contributed by atoms with Crippen LogP contribution in [0.25, 0.3) is 11.3 Å². The largest absolute Gasteiger partial charge is 0.451 e. The summed E-state index contributed by atoms with van der Waals surface area (Å²) >= 11 is 5.97. The van der Waals surface area contributed by atoms with Gasteiger partial charge in [-0.3, -0.25) is 14.9 Å². The number of anilines is 1. The van der Waals surface area contributed by atoms with E-state index < -0.39 is 22.6 Å². The standard InChI is InChI=1S/C19H12ClF3N2O4/c1-10-2-5-14(15(8-10)25(27)28)24-18(26)17-7-6-16(29-17)12-9-11(19(21,22)23)3-4-13(12)20/h2-9H,1H3,(H,24,26). The normalized spacial score (nSPS) is 11.3. The molecule has 3 aromatic rings.